The minimum absolute atomic E-state index is 0.111. The third-order valence-electron chi connectivity index (χ3n) is 6.18. The summed E-state index contributed by atoms with van der Waals surface area (Å²) in [6.07, 6.45) is 0.625. The van der Waals surface area contributed by atoms with Crippen LogP contribution in [0.25, 0.3) is 17.1 Å². The van der Waals surface area contributed by atoms with Gasteiger partial charge in [-0.1, -0.05) is 30.3 Å². The summed E-state index contributed by atoms with van der Waals surface area (Å²) in [5, 5.41) is 7.41. The topological polar surface area (TPSA) is 87.5 Å². The molecular weight excluding hydrogens is 511 g/mol. The first-order valence-corrected chi connectivity index (χ1v) is 12.6. The first kappa shape index (κ1) is 26.4. The van der Waals surface area contributed by atoms with Crippen molar-refractivity contribution in [3.63, 3.8) is 0 Å². The molecule has 9 heteroatoms. The van der Waals surface area contributed by atoms with Crippen molar-refractivity contribution in [3.05, 3.63) is 114 Å². The van der Waals surface area contributed by atoms with Crippen molar-refractivity contribution >= 4 is 11.6 Å². The average molecular weight is 539 g/mol. The van der Waals surface area contributed by atoms with Crippen LogP contribution in [0.4, 0.5) is 10.1 Å². The van der Waals surface area contributed by atoms with Gasteiger partial charge in [-0.15, -0.1) is 5.10 Å². The summed E-state index contributed by atoms with van der Waals surface area (Å²) in [5.41, 5.74) is 2.92. The van der Waals surface area contributed by atoms with E-state index in [1.54, 1.807) is 80.9 Å². The van der Waals surface area contributed by atoms with E-state index in [0.717, 1.165) is 11.3 Å². The molecule has 8 nitrogen and oxygen atoms in total. The Bertz CT molecular complexity index is 1600. The quantitative estimate of drug-likeness (QED) is 0.236. The van der Waals surface area contributed by atoms with E-state index in [-0.39, 0.29) is 23.3 Å². The van der Waals surface area contributed by atoms with E-state index in [2.05, 4.69) is 15.4 Å². The largest absolute Gasteiger partial charge is 0.497 e. The van der Waals surface area contributed by atoms with Crippen LogP contribution in [-0.2, 0) is 6.42 Å². The second-order valence-electron chi connectivity index (χ2n) is 8.79. The predicted molar refractivity (Wildman–Crippen MR) is 150 cm³/mol. The van der Waals surface area contributed by atoms with E-state index < -0.39 is 5.82 Å². The number of benzene rings is 4. The van der Waals surface area contributed by atoms with Crippen molar-refractivity contribution in [1.29, 1.82) is 0 Å². The summed E-state index contributed by atoms with van der Waals surface area (Å²) in [6, 6.07) is 28.0. The molecule has 5 rings (SSSR count). The van der Waals surface area contributed by atoms with Crippen molar-refractivity contribution < 1.29 is 23.4 Å². The zero-order valence-corrected chi connectivity index (χ0v) is 22.0. The van der Waals surface area contributed by atoms with Crippen LogP contribution >= 0.6 is 0 Å². The van der Waals surface area contributed by atoms with Crippen molar-refractivity contribution in [1.82, 2.24) is 14.8 Å². The number of nitrogens with one attached hydrogen (secondary N) is 1. The molecule has 0 saturated heterocycles. The summed E-state index contributed by atoms with van der Waals surface area (Å²) in [5.74, 6) is 0.991. The number of halogens is 1. The molecule has 1 amide bonds. The monoisotopic (exact) mass is 538 g/mol. The van der Waals surface area contributed by atoms with Crippen LogP contribution in [-0.4, -0.2) is 41.5 Å². The van der Waals surface area contributed by atoms with E-state index in [1.807, 2.05) is 24.3 Å². The van der Waals surface area contributed by atoms with Gasteiger partial charge in [0.1, 0.15) is 17.3 Å². The standard InChI is InChI=1S/C31H27FN4O4/c1-38-25-14-10-21(11-15-25)18-19-40-31-34-29(27-8-3-4-9-28(27)32)36(35-31)24-7-5-6-23(20-24)33-30(37)22-12-16-26(39-2)17-13-22/h3-17,20H,18-19H2,1-2H3,(H,33,37). The van der Waals surface area contributed by atoms with Crippen LogP contribution in [0.3, 0.4) is 0 Å². The van der Waals surface area contributed by atoms with Crippen LogP contribution in [0.2, 0.25) is 0 Å². The Morgan fingerprint density at radius 2 is 1.57 bits per heavy atom. The van der Waals surface area contributed by atoms with Crippen molar-refractivity contribution in [3.8, 4) is 34.6 Å². The zero-order chi connectivity index (χ0) is 27.9. The molecular formula is C31H27FN4O4. The number of nitrogens with zero attached hydrogens (tertiary/aromatic N) is 3. The summed E-state index contributed by atoms with van der Waals surface area (Å²) in [4.78, 5) is 17.3. The Morgan fingerprint density at radius 3 is 2.27 bits per heavy atom. The van der Waals surface area contributed by atoms with Crippen LogP contribution in [0.15, 0.2) is 97.1 Å². The van der Waals surface area contributed by atoms with Gasteiger partial charge in [0.15, 0.2) is 5.82 Å². The van der Waals surface area contributed by atoms with Crippen molar-refractivity contribution in [2.45, 2.75) is 6.42 Å². The lowest BCUT2D eigenvalue weighted by Gasteiger charge is -2.10. The van der Waals surface area contributed by atoms with E-state index in [4.69, 9.17) is 14.2 Å². The number of anilines is 1. The molecule has 1 N–H and O–H groups in total. The first-order chi connectivity index (χ1) is 19.5. The fourth-order valence-corrected chi connectivity index (χ4v) is 4.06. The average Bonchev–Trinajstić information content (AvgIpc) is 3.42. The third kappa shape index (κ3) is 6.10. The lowest BCUT2D eigenvalue weighted by Crippen LogP contribution is -2.12. The molecule has 0 bridgehead atoms. The van der Waals surface area contributed by atoms with Crippen molar-refractivity contribution in [2.24, 2.45) is 0 Å². The Morgan fingerprint density at radius 1 is 0.875 bits per heavy atom. The molecule has 202 valence electrons. The lowest BCUT2D eigenvalue weighted by atomic mass is 10.1. The predicted octanol–water partition coefficient (Wildman–Crippen LogP) is 5.96. The van der Waals surface area contributed by atoms with Gasteiger partial charge in [0.2, 0.25) is 0 Å². The Kier molecular flexibility index (Phi) is 8.01. The van der Waals surface area contributed by atoms with Gasteiger partial charge in [-0.05, 0) is 72.3 Å². The number of carbonyl (C=O) groups excluding carboxylic acids is 1. The fourth-order valence-electron chi connectivity index (χ4n) is 4.06. The van der Waals surface area contributed by atoms with E-state index in [0.29, 0.717) is 35.7 Å². The minimum atomic E-state index is -0.440. The maximum absolute atomic E-state index is 14.8. The molecule has 40 heavy (non-hydrogen) atoms. The summed E-state index contributed by atoms with van der Waals surface area (Å²) < 4.78 is 32.5. The highest BCUT2D eigenvalue weighted by Crippen LogP contribution is 2.27. The highest BCUT2D eigenvalue weighted by atomic mass is 19.1. The third-order valence-corrected chi connectivity index (χ3v) is 6.18. The summed E-state index contributed by atoms with van der Waals surface area (Å²) >= 11 is 0. The number of hydrogen-bond acceptors (Lipinski definition) is 6. The van der Waals surface area contributed by atoms with E-state index in [9.17, 15) is 9.18 Å². The molecule has 0 spiro atoms. The van der Waals surface area contributed by atoms with Crippen LogP contribution in [0.5, 0.6) is 17.5 Å². The van der Waals surface area contributed by atoms with Crippen LogP contribution < -0.4 is 19.5 Å². The first-order valence-electron chi connectivity index (χ1n) is 12.6. The van der Waals surface area contributed by atoms with Gasteiger partial charge in [-0.25, -0.2) is 9.07 Å². The minimum Gasteiger partial charge on any atom is -0.497 e. The number of ether oxygens (including phenoxy) is 3. The summed E-state index contributed by atoms with van der Waals surface area (Å²) in [7, 11) is 3.19. The van der Waals surface area contributed by atoms with Gasteiger partial charge in [0.25, 0.3) is 5.91 Å². The number of amides is 1. The molecule has 0 atom stereocenters. The molecule has 0 aliphatic heterocycles. The van der Waals surface area contributed by atoms with E-state index in [1.165, 1.54) is 10.7 Å². The van der Waals surface area contributed by atoms with Gasteiger partial charge >= 0.3 is 6.01 Å². The normalized spacial score (nSPS) is 10.7. The van der Waals surface area contributed by atoms with Crippen molar-refractivity contribution in [2.75, 3.05) is 26.1 Å². The Balaban J connectivity index is 1.39. The van der Waals surface area contributed by atoms with Crippen LogP contribution in [0, 0.1) is 5.82 Å². The van der Waals surface area contributed by atoms with Gasteiger partial charge in [0, 0.05) is 17.7 Å². The smallest absolute Gasteiger partial charge is 0.336 e. The Hall–Kier alpha value is -5.18. The number of carbonyl (C=O) groups is 1. The Labute approximate surface area is 231 Å². The molecule has 0 aliphatic carbocycles. The van der Waals surface area contributed by atoms with E-state index >= 15 is 0 Å². The highest BCUT2D eigenvalue weighted by Gasteiger charge is 2.18. The molecule has 1 heterocycles. The molecule has 0 unspecified atom stereocenters. The summed E-state index contributed by atoms with van der Waals surface area (Å²) in [6.45, 7) is 0.324. The number of rotatable bonds is 10. The highest BCUT2D eigenvalue weighted by molar-refractivity contribution is 6.04. The fraction of sp³-hybridized carbons (Fsp3) is 0.129. The maximum Gasteiger partial charge on any atom is 0.336 e. The van der Waals surface area contributed by atoms with Gasteiger partial charge in [-0.2, -0.15) is 4.98 Å². The van der Waals surface area contributed by atoms with Gasteiger partial charge in [-0.3, -0.25) is 4.79 Å². The number of hydrogen-bond donors (Lipinski definition) is 1. The molecule has 0 fully saturated rings. The molecule has 4 aromatic carbocycles. The SMILES string of the molecule is COc1ccc(CCOc2nc(-c3ccccc3F)n(-c3cccc(NC(=O)c4ccc(OC)cc4)c3)n2)cc1. The van der Waals surface area contributed by atoms with Crippen LogP contribution in [0.1, 0.15) is 15.9 Å². The number of aromatic nitrogens is 3. The van der Waals surface area contributed by atoms with Gasteiger partial charge < -0.3 is 19.5 Å². The maximum atomic E-state index is 14.8. The molecule has 1 aromatic heterocycles. The second kappa shape index (κ2) is 12.1. The molecule has 0 radical (unpaired) electrons. The zero-order valence-electron chi connectivity index (χ0n) is 22.0. The van der Waals surface area contributed by atoms with Gasteiger partial charge in [0.05, 0.1) is 32.1 Å². The second-order valence-corrected chi connectivity index (χ2v) is 8.79. The molecule has 5 aromatic rings. The molecule has 0 aliphatic rings. The number of methoxy groups -OCH3 is 2. The lowest BCUT2D eigenvalue weighted by molar-refractivity contribution is 0.102. The molecule has 0 saturated carbocycles.